The Morgan fingerprint density at radius 2 is 1.72 bits per heavy atom. The van der Waals surface area contributed by atoms with Crippen LogP contribution in [0.5, 0.6) is 11.5 Å². The molecule has 1 amide bonds. The highest BCUT2D eigenvalue weighted by Crippen LogP contribution is 2.42. The molecule has 1 N–H and O–H groups in total. The number of hydrogen-bond acceptors (Lipinski definition) is 5. The Hall–Kier alpha value is -3.59. The van der Waals surface area contributed by atoms with E-state index in [1.807, 2.05) is 0 Å². The third-order valence-corrected chi connectivity index (χ3v) is 6.83. The van der Waals surface area contributed by atoms with Crippen LogP contribution in [0.3, 0.4) is 0 Å². The minimum Gasteiger partial charge on any atom is -0.497 e. The number of carbonyl (C=O) groups excluding carboxylic acids is 1. The largest absolute Gasteiger partial charge is 0.497 e. The minimum atomic E-state index is -3.98. The van der Waals surface area contributed by atoms with Crippen LogP contribution in [0.15, 0.2) is 71.6 Å². The summed E-state index contributed by atoms with van der Waals surface area (Å²) in [5.41, 5.74) is 1.09. The van der Waals surface area contributed by atoms with Gasteiger partial charge in [-0.3, -0.25) is 9.10 Å². The van der Waals surface area contributed by atoms with Gasteiger partial charge in [-0.2, -0.15) is 0 Å². The molecule has 1 aliphatic rings. The molecule has 7 nitrogen and oxygen atoms in total. The lowest BCUT2D eigenvalue weighted by Crippen LogP contribution is -2.43. The predicted molar refractivity (Wildman–Crippen MR) is 118 cm³/mol. The van der Waals surface area contributed by atoms with Crippen molar-refractivity contribution in [2.45, 2.75) is 4.90 Å². The van der Waals surface area contributed by atoms with Crippen LogP contribution in [0.1, 0.15) is 0 Å². The maximum atomic E-state index is 13.9. The van der Waals surface area contributed by atoms with Gasteiger partial charge >= 0.3 is 0 Å². The van der Waals surface area contributed by atoms with Gasteiger partial charge in [-0.15, -0.1) is 0 Å². The first-order valence-electron chi connectivity index (χ1n) is 9.85. The number of fused-ring (bicyclic) bond motifs is 3. The van der Waals surface area contributed by atoms with Crippen LogP contribution in [-0.4, -0.2) is 41.1 Å². The molecule has 0 radical (unpaired) electrons. The summed E-state index contributed by atoms with van der Waals surface area (Å²) in [6.07, 6.45) is 0. The van der Waals surface area contributed by atoms with Crippen LogP contribution in [0, 0.1) is 5.82 Å². The number of halogens is 1. The molecule has 0 atom stereocenters. The summed E-state index contributed by atoms with van der Waals surface area (Å²) in [4.78, 5) is 12.6. The molecule has 3 aromatic rings. The van der Waals surface area contributed by atoms with Crippen LogP contribution < -0.4 is 19.1 Å². The molecule has 1 aliphatic heterocycles. The Bertz CT molecular complexity index is 1250. The summed E-state index contributed by atoms with van der Waals surface area (Å²) >= 11 is 0. The van der Waals surface area contributed by atoms with E-state index in [2.05, 4.69) is 5.32 Å². The van der Waals surface area contributed by atoms with Gasteiger partial charge in [0.05, 0.1) is 24.2 Å². The summed E-state index contributed by atoms with van der Waals surface area (Å²) in [5.74, 6) is 0.334. The second-order valence-corrected chi connectivity index (χ2v) is 8.87. The third-order valence-electron chi connectivity index (χ3n) is 5.01. The molecule has 32 heavy (non-hydrogen) atoms. The maximum Gasteiger partial charge on any atom is 0.265 e. The number of hydrogen-bond donors (Lipinski definition) is 1. The first-order chi connectivity index (χ1) is 15.4. The Labute approximate surface area is 185 Å². The molecule has 166 valence electrons. The highest BCUT2D eigenvalue weighted by Gasteiger charge is 2.35. The number of anilines is 1. The lowest BCUT2D eigenvalue weighted by atomic mass is 10.0. The number of nitrogens with one attached hydrogen (secondary N) is 1. The minimum absolute atomic E-state index is 0.0359. The molecule has 4 rings (SSSR count). The molecular weight excluding hydrogens is 435 g/mol. The summed E-state index contributed by atoms with van der Waals surface area (Å²) < 4.78 is 51.9. The van der Waals surface area contributed by atoms with Crippen molar-refractivity contribution in [3.63, 3.8) is 0 Å². The van der Waals surface area contributed by atoms with Crippen LogP contribution in [0.25, 0.3) is 11.1 Å². The Kier molecular flexibility index (Phi) is 6.00. The van der Waals surface area contributed by atoms with Crippen LogP contribution in [0.4, 0.5) is 10.1 Å². The summed E-state index contributed by atoms with van der Waals surface area (Å²) in [7, 11) is -2.41. The maximum absolute atomic E-state index is 13.9. The van der Waals surface area contributed by atoms with Gasteiger partial charge < -0.3 is 14.8 Å². The molecule has 9 heteroatoms. The van der Waals surface area contributed by atoms with E-state index >= 15 is 0 Å². The molecule has 0 saturated heterocycles. The number of amides is 1. The fourth-order valence-corrected chi connectivity index (χ4v) is 5.14. The highest BCUT2D eigenvalue weighted by molar-refractivity contribution is 7.93. The number of carbonyl (C=O) groups is 1. The van der Waals surface area contributed by atoms with Crippen molar-refractivity contribution in [1.29, 1.82) is 0 Å². The Morgan fingerprint density at radius 1 is 1.00 bits per heavy atom. The van der Waals surface area contributed by atoms with Crippen molar-refractivity contribution in [1.82, 2.24) is 5.32 Å². The number of methoxy groups -OCH3 is 1. The van der Waals surface area contributed by atoms with Crippen molar-refractivity contribution in [3.8, 4) is 22.6 Å². The van der Waals surface area contributed by atoms with Crippen molar-refractivity contribution in [2.24, 2.45) is 0 Å². The Balaban J connectivity index is 1.44. The second-order valence-electron chi connectivity index (χ2n) is 7.04. The van der Waals surface area contributed by atoms with Gasteiger partial charge in [0.2, 0.25) is 5.91 Å². The zero-order chi connectivity index (χ0) is 22.7. The Morgan fingerprint density at radius 3 is 2.47 bits per heavy atom. The lowest BCUT2D eigenvalue weighted by molar-refractivity contribution is -0.119. The van der Waals surface area contributed by atoms with Crippen LogP contribution in [-0.2, 0) is 14.8 Å². The average Bonchev–Trinajstić information content (AvgIpc) is 2.80. The van der Waals surface area contributed by atoms with E-state index in [4.69, 9.17) is 9.47 Å². The molecule has 1 heterocycles. The summed E-state index contributed by atoms with van der Waals surface area (Å²) in [6, 6.07) is 17.2. The monoisotopic (exact) mass is 456 g/mol. The van der Waals surface area contributed by atoms with Gasteiger partial charge in [-0.25, -0.2) is 12.8 Å². The number of nitrogens with zero attached hydrogens (tertiary/aromatic N) is 1. The zero-order valence-electron chi connectivity index (χ0n) is 17.2. The SMILES string of the molecule is COc1ccc(OCCNC(=O)CN2c3ccc(F)cc3-c3ccccc3S2(=O)=O)cc1. The van der Waals surface area contributed by atoms with E-state index in [9.17, 15) is 17.6 Å². The normalized spacial score (nSPS) is 13.6. The summed E-state index contributed by atoms with van der Waals surface area (Å²) in [5, 5.41) is 2.66. The molecule has 0 unspecified atom stereocenters. The molecule has 0 aromatic heterocycles. The standard InChI is InChI=1S/C23H21FN2O5S/c1-30-17-7-9-18(10-8-17)31-13-12-25-23(27)15-26-21-11-6-16(24)14-20(21)19-4-2-3-5-22(19)32(26,28)29/h2-11,14H,12-13,15H2,1H3,(H,25,27). The van der Waals surface area contributed by atoms with Gasteiger partial charge in [0, 0.05) is 11.1 Å². The van der Waals surface area contributed by atoms with E-state index in [1.54, 1.807) is 49.6 Å². The number of rotatable bonds is 7. The zero-order valence-corrected chi connectivity index (χ0v) is 18.1. The molecular formula is C23H21FN2O5S. The third kappa shape index (κ3) is 4.24. The van der Waals surface area contributed by atoms with Gasteiger partial charge in [-0.1, -0.05) is 18.2 Å². The summed E-state index contributed by atoms with van der Waals surface area (Å²) in [6.45, 7) is -0.0428. The lowest BCUT2D eigenvalue weighted by Gasteiger charge is -2.31. The fraction of sp³-hybridized carbons (Fsp3) is 0.174. The van der Waals surface area contributed by atoms with Crippen LogP contribution in [0.2, 0.25) is 0 Å². The predicted octanol–water partition coefficient (Wildman–Crippen LogP) is 3.21. The van der Waals surface area contributed by atoms with Crippen molar-refractivity contribution in [2.75, 3.05) is 31.1 Å². The van der Waals surface area contributed by atoms with Crippen molar-refractivity contribution < 1.29 is 27.1 Å². The molecule has 0 saturated carbocycles. The van der Waals surface area contributed by atoms with Crippen molar-refractivity contribution in [3.05, 3.63) is 72.5 Å². The van der Waals surface area contributed by atoms with E-state index in [1.165, 1.54) is 24.3 Å². The van der Waals surface area contributed by atoms with Gasteiger partial charge in [0.1, 0.15) is 30.5 Å². The van der Waals surface area contributed by atoms with E-state index in [0.29, 0.717) is 22.6 Å². The fourth-order valence-electron chi connectivity index (χ4n) is 3.49. The smallest absolute Gasteiger partial charge is 0.265 e. The van der Waals surface area contributed by atoms with Gasteiger partial charge in [0.15, 0.2) is 0 Å². The molecule has 0 bridgehead atoms. The number of ether oxygens (including phenoxy) is 2. The van der Waals surface area contributed by atoms with E-state index < -0.39 is 28.3 Å². The van der Waals surface area contributed by atoms with Crippen LogP contribution >= 0.6 is 0 Å². The highest BCUT2D eigenvalue weighted by atomic mass is 32.2. The molecule has 0 fully saturated rings. The molecule has 3 aromatic carbocycles. The molecule has 0 spiro atoms. The van der Waals surface area contributed by atoms with E-state index in [0.717, 1.165) is 4.31 Å². The van der Waals surface area contributed by atoms with Crippen molar-refractivity contribution >= 4 is 21.6 Å². The topological polar surface area (TPSA) is 84.9 Å². The number of benzene rings is 3. The number of sulfonamides is 1. The quantitative estimate of drug-likeness (QED) is 0.552. The van der Waals surface area contributed by atoms with Gasteiger partial charge in [-0.05, 0) is 48.5 Å². The second kappa shape index (κ2) is 8.88. The first kappa shape index (κ1) is 21.6. The average molecular weight is 456 g/mol. The molecule has 0 aliphatic carbocycles. The first-order valence-corrected chi connectivity index (χ1v) is 11.3. The van der Waals surface area contributed by atoms with Gasteiger partial charge in [0.25, 0.3) is 10.0 Å². The van der Waals surface area contributed by atoms with E-state index in [-0.39, 0.29) is 23.7 Å².